The summed E-state index contributed by atoms with van der Waals surface area (Å²) in [5.41, 5.74) is -0.417. The third-order valence-corrected chi connectivity index (χ3v) is 1.25. The number of rotatable bonds is 2. The van der Waals surface area contributed by atoms with Gasteiger partial charge in [-0.2, -0.15) is 0 Å². The lowest BCUT2D eigenvalue weighted by molar-refractivity contribution is 0.0529. The molecule has 1 atom stereocenters. The van der Waals surface area contributed by atoms with Gasteiger partial charge in [0, 0.05) is 11.4 Å². The molecule has 0 heterocycles. The molecule has 0 radical (unpaired) electrons. The summed E-state index contributed by atoms with van der Waals surface area (Å²) in [6.07, 6.45) is -0.367. The lowest BCUT2D eigenvalue weighted by Gasteiger charge is -2.19. The van der Waals surface area contributed by atoms with Gasteiger partial charge in [-0.05, 0) is 20.8 Å². The van der Waals surface area contributed by atoms with Gasteiger partial charge >= 0.3 is 6.09 Å². The molecule has 0 saturated carbocycles. The van der Waals surface area contributed by atoms with Gasteiger partial charge in [-0.1, -0.05) is 22.9 Å². The first kappa shape index (κ1) is 11.8. The van der Waals surface area contributed by atoms with Crippen LogP contribution in [0.15, 0.2) is 0 Å². The molecule has 0 aliphatic rings. The van der Waals surface area contributed by atoms with E-state index in [-0.39, 0.29) is 10.9 Å². The molecule has 4 heteroatoms. The van der Waals surface area contributed by atoms with Gasteiger partial charge in [0.1, 0.15) is 5.60 Å². The van der Waals surface area contributed by atoms with Gasteiger partial charge in [-0.3, -0.25) is 0 Å². The van der Waals surface area contributed by atoms with E-state index in [1.54, 1.807) is 0 Å². The standard InChI is InChI=1S/C8H16BrNO2/c1-6(9)5-10-7(11)12-8(2,3)4/h6H,5H2,1-4H3,(H,10,11). The predicted molar refractivity (Wildman–Crippen MR) is 52.6 cm³/mol. The molecule has 72 valence electrons. The van der Waals surface area contributed by atoms with Crippen molar-refractivity contribution in [3.05, 3.63) is 0 Å². The molecule has 1 amide bonds. The molecule has 0 spiro atoms. The maximum absolute atomic E-state index is 11.0. The first-order valence-corrected chi connectivity index (χ1v) is 4.84. The topological polar surface area (TPSA) is 38.3 Å². The number of alkyl halides is 1. The van der Waals surface area contributed by atoms with E-state index >= 15 is 0 Å². The van der Waals surface area contributed by atoms with Crippen LogP contribution in [0, 0.1) is 0 Å². The Morgan fingerprint density at radius 2 is 2.08 bits per heavy atom. The summed E-state index contributed by atoms with van der Waals surface area (Å²) >= 11 is 3.31. The van der Waals surface area contributed by atoms with Crippen LogP contribution in [-0.4, -0.2) is 23.1 Å². The van der Waals surface area contributed by atoms with E-state index < -0.39 is 5.60 Å². The van der Waals surface area contributed by atoms with E-state index in [2.05, 4.69) is 21.2 Å². The number of ether oxygens (including phenoxy) is 1. The SMILES string of the molecule is CC(Br)CNC(=O)OC(C)(C)C. The van der Waals surface area contributed by atoms with Crippen molar-refractivity contribution in [1.29, 1.82) is 0 Å². The van der Waals surface area contributed by atoms with Crippen LogP contribution in [0.2, 0.25) is 0 Å². The average molecular weight is 238 g/mol. The Morgan fingerprint density at radius 3 is 2.42 bits per heavy atom. The van der Waals surface area contributed by atoms with Gasteiger partial charge in [0.15, 0.2) is 0 Å². The maximum Gasteiger partial charge on any atom is 0.407 e. The van der Waals surface area contributed by atoms with Crippen LogP contribution >= 0.6 is 15.9 Å². The van der Waals surface area contributed by atoms with Gasteiger partial charge in [0.05, 0.1) is 0 Å². The Kier molecular flexibility index (Phi) is 4.60. The number of amides is 1. The highest BCUT2D eigenvalue weighted by atomic mass is 79.9. The second-order valence-electron chi connectivity index (χ2n) is 3.66. The summed E-state index contributed by atoms with van der Waals surface area (Å²) in [4.78, 5) is 11.3. The quantitative estimate of drug-likeness (QED) is 0.749. The van der Waals surface area contributed by atoms with E-state index in [0.29, 0.717) is 6.54 Å². The third-order valence-electron chi connectivity index (χ3n) is 0.927. The van der Waals surface area contributed by atoms with Crippen LogP contribution in [0.3, 0.4) is 0 Å². The summed E-state index contributed by atoms with van der Waals surface area (Å²) in [6, 6.07) is 0. The number of carbonyl (C=O) groups is 1. The maximum atomic E-state index is 11.0. The molecular formula is C8H16BrNO2. The fraction of sp³-hybridized carbons (Fsp3) is 0.875. The number of hydrogen-bond donors (Lipinski definition) is 1. The van der Waals surface area contributed by atoms with Gasteiger partial charge in [-0.15, -0.1) is 0 Å². The van der Waals surface area contributed by atoms with Gasteiger partial charge in [-0.25, -0.2) is 4.79 Å². The Balaban J connectivity index is 3.61. The van der Waals surface area contributed by atoms with E-state index in [1.807, 2.05) is 27.7 Å². The minimum atomic E-state index is -0.417. The molecule has 0 aromatic rings. The van der Waals surface area contributed by atoms with Crippen molar-refractivity contribution in [2.24, 2.45) is 0 Å². The molecule has 0 bridgehead atoms. The summed E-state index contributed by atoms with van der Waals surface area (Å²) in [7, 11) is 0. The fourth-order valence-corrected chi connectivity index (χ4v) is 0.700. The van der Waals surface area contributed by atoms with Gasteiger partial charge in [0.2, 0.25) is 0 Å². The van der Waals surface area contributed by atoms with Crippen molar-refractivity contribution < 1.29 is 9.53 Å². The van der Waals surface area contributed by atoms with Crippen LogP contribution in [0.25, 0.3) is 0 Å². The van der Waals surface area contributed by atoms with Crippen LogP contribution in [0.5, 0.6) is 0 Å². The number of carbonyl (C=O) groups excluding carboxylic acids is 1. The van der Waals surface area contributed by atoms with Crippen molar-refractivity contribution in [3.8, 4) is 0 Å². The second kappa shape index (κ2) is 4.70. The number of hydrogen-bond acceptors (Lipinski definition) is 2. The molecule has 0 saturated heterocycles. The molecule has 0 aliphatic heterocycles. The van der Waals surface area contributed by atoms with Crippen LogP contribution < -0.4 is 5.32 Å². The Labute approximate surface area is 82.0 Å². The average Bonchev–Trinajstić information content (AvgIpc) is 1.79. The largest absolute Gasteiger partial charge is 0.444 e. The van der Waals surface area contributed by atoms with E-state index in [1.165, 1.54) is 0 Å². The molecule has 0 aliphatic carbocycles. The predicted octanol–water partition coefficient (Wildman–Crippen LogP) is 2.29. The van der Waals surface area contributed by atoms with Crippen molar-refractivity contribution in [2.75, 3.05) is 6.54 Å². The lowest BCUT2D eigenvalue weighted by Crippen LogP contribution is -2.34. The van der Waals surface area contributed by atoms with E-state index in [0.717, 1.165) is 0 Å². The molecule has 1 unspecified atom stereocenters. The van der Waals surface area contributed by atoms with E-state index in [4.69, 9.17) is 4.74 Å². The van der Waals surface area contributed by atoms with Crippen molar-refractivity contribution >= 4 is 22.0 Å². The molecule has 0 aromatic heterocycles. The third kappa shape index (κ3) is 7.85. The number of nitrogens with one attached hydrogen (secondary N) is 1. The lowest BCUT2D eigenvalue weighted by atomic mass is 10.2. The fourth-order valence-electron chi connectivity index (χ4n) is 0.538. The first-order valence-electron chi connectivity index (χ1n) is 3.92. The Hall–Kier alpha value is -0.250. The minimum Gasteiger partial charge on any atom is -0.444 e. The first-order chi connectivity index (χ1) is 5.31. The monoisotopic (exact) mass is 237 g/mol. The highest BCUT2D eigenvalue weighted by Gasteiger charge is 2.15. The van der Waals surface area contributed by atoms with Gasteiger partial charge < -0.3 is 10.1 Å². The molecule has 0 aromatic carbocycles. The number of halogens is 1. The Bertz CT molecular complexity index is 152. The molecule has 1 N–H and O–H groups in total. The van der Waals surface area contributed by atoms with Crippen LogP contribution in [0.1, 0.15) is 27.7 Å². The molecule has 0 fully saturated rings. The summed E-state index contributed by atoms with van der Waals surface area (Å²) in [5.74, 6) is 0. The zero-order valence-corrected chi connectivity index (χ0v) is 9.56. The molecule has 0 rings (SSSR count). The zero-order chi connectivity index (χ0) is 9.78. The van der Waals surface area contributed by atoms with Crippen LogP contribution in [0.4, 0.5) is 4.79 Å². The van der Waals surface area contributed by atoms with Gasteiger partial charge in [0.25, 0.3) is 0 Å². The minimum absolute atomic E-state index is 0.269. The Morgan fingerprint density at radius 1 is 1.58 bits per heavy atom. The summed E-state index contributed by atoms with van der Waals surface area (Å²) in [5, 5.41) is 2.63. The summed E-state index contributed by atoms with van der Waals surface area (Å²) in [6.45, 7) is 8.05. The van der Waals surface area contributed by atoms with Crippen molar-refractivity contribution in [2.45, 2.75) is 38.1 Å². The highest BCUT2D eigenvalue weighted by Crippen LogP contribution is 2.06. The molecule has 12 heavy (non-hydrogen) atoms. The summed E-state index contributed by atoms with van der Waals surface area (Å²) < 4.78 is 5.02. The normalized spacial score (nSPS) is 13.8. The van der Waals surface area contributed by atoms with Crippen LogP contribution in [-0.2, 0) is 4.74 Å². The van der Waals surface area contributed by atoms with Crippen molar-refractivity contribution in [3.63, 3.8) is 0 Å². The smallest absolute Gasteiger partial charge is 0.407 e. The molecular weight excluding hydrogens is 222 g/mol. The number of alkyl carbamates (subject to hydrolysis) is 1. The van der Waals surface area contributed by atoms with Crippen molar-refractivity contribution in [1.82, 2.24) is 5.32 Å². The second-order valence-corrected chi connectivity index (χ2v) is 5.23. The zero-order valence-electron chi connectivity index (χ0n) is 7.98. The van der Waals surface area contributed by atoms with E-state index in [9.17, 15) is 4.79 Å². The highest BCUT2D eigenvalue weighted by molar-refractivity contribution is 9.09. The molecule has 3 nitrogen and oxygen atoms in total.